The summed E-state index contributed by atoms with van der Waals surface area (Å²) in [6.45, 7) is 4.07. The second kappa shape index (κ2) is 10.6. The first-order valence-electron chi connectivity index (χ1n) is 10.9. The third-order valence-electron chi connectivity index (χ3n) is 5.69. The number of benzene rings is 3. The van der Waals surface area contributed by atoms with Crippen molar-refractivity contribution in [2.24, 2.45) is 0 Å². The molecule has 3 aromatic carbocycles. The largest absolute Gasteiger partial charge is 0.493 e. The van der Waals surface area contributed by atoms with Crippen LogP contribution < -0.4 is 19.7 Å². The van der Waals surface area contributed by atoms with E-state index in [2.05, 4.69) is 21.2 Å². The number of rotatable bonds is 6. The molecule has 0 spiro atoms. The van der Waals surface area contributed by atoms with E-state index in [1.54, 1.807) is 36.4 Å². The summed E-state index contributed by atoms with van der Waals surface area (Å²) >= 11 is 9.53. The summed E-state index contributed by atoms with van der Waals surface area (Å²) in [5.74, 6) is -0.653. The smallest absolute Gasteiger partial charge is 0.335 e. The Balaban J connectivity index is 1.65. The third-order valence-corrected chi connectivity index (χ3v) is 6.51. The molecule has 1 heterocycles. The zero-order valence-electron chi connectivity index (χ0n) is 19.7. The number of methoxy groups -OCH3 is 1. The molecule has 0 bridgehead atoms. The van der Waals surface area contributed by atoms with Gasteiger partial charge < -0.3 is 9.47 Å². The zero-order chi connectivity index (χ0) is 26.0. The molecule has 36 heavy (non-hydrogen) atoms. The molecule has 1 aliphatic rings. The zero-order valence-corrected chi connectivity index (χ0v) is 22.1. The quantitative estimate of drug-likeness (QED) is 0.292. The molecule has 0 atom stereocenters. The average Bonchev–Trinajstić information content (AvgIpc) is 2.83. The molecule has 3 aromatic rings. The second-order valence-corrected chi connectivity index (χ2v) is 9.47. The number of aryl methyl sites for hydroxylation is 2. The minimum absolute atomic E-state index is 0.186. The van der Waals surface area contributed by atoms with Gasteiger partial charge in [-0.15, -0.1) is 0 Å². The molecule has 184 valence electrons. The summed E-state index contributed by atoms with van der Waals surface area (Å²) < 4.78 is 12.0. The van der Waals surface area contributed by atoms with Gasteiger partial charge in [-0.05, 0) is 94.5 Å². The number of amides is 4. The van der Waals surface area contributed by atoms with E-state index in [4.69, 9.17) is 21.1 Å². The Bertz CT molecular complexity index is 1420. The Kier molecular flexibility index (Phi) is 7.47. The third kappa shape index (κ3) is 5.29. The Hall–Kier alpha value is -3.62. The minimum atomic E-state index is -0.797. The highest BCUT2D eigenvalue weighted by Crippen LogP contribution is 2.38. The van der Waals surface area contributed by atoms with Crippen molar-refractivity contribution in [3.63, 3.8) is 0 Å². The molecule has 4 amide bonds. The van der Waals surface area contributed by atoms with E-state index < -0.39 is 17.8 Å². The van der Waals surface area contributed by atoms with Crippen LogP contribution in [0.1, 0.15) is 22.3 Å². The van der Waals surface area contributed by atoms with Crippen LogP contribution in [0.4, 0.5) is 10.5 Å². The van der Waals surface area contributed by atoms with Crippen LogP contribution in [0.5, 0.6) is 11.5 Å². The van der Waals surface area contributed by atoms with Gasteiger partial charge in [0, 0.05) is 5.02 Å². The molecule has 9 heteroatoms. The maximum Gasteiger partial charge on any atom is 0.335 e. The van der Waals surface area contributed by atoms with Crippen LogP contribution >= 0.6 is 27.5 Å². The normalized spacial score (nSPS) is 14.8. The number of ether oxygens (including phenoxy) is 2. The number of halogens is 2. The van der Waals surface area contributed by atoms with Gasteiger partial charge in [0.25, 0.3) is 11.8 Å². The van der Waals surface area contributed by atoms with Gasteiger partial charge in [-0.25, -0.2) is 9.69 Å². The molecule has 0 radical (unpaired) electrons. The van der Waals surface area contributed by atoms with Crippen molar-refractivity contribution in [3.8, 4) is 11.5 Å². The minimum Gasteiger partial charge on any atom is -0.493 e. The number of hydrogen-bond donors (Lipinski definition) is 1. The molecule has 0 aromatic heterocycles. The van der Waals surface area contributed by atoms with E-state index in [9.17, 15) is 14.4 Å². The highest BCUT2D eigenvalue weighted by Gasteiger charge is 2.37. The molecule has 7 nitrogen and oxygen atoms in total. The molecule has 1 aliphatic heterocycles. The van der Waals surface area contributed by atoms with Crippen LogP contribution in [0.2, 0.25) is 5.02 Å². The number of carbonyl (C=O) groups excluding carboxylic acids is 3. The van der Waals surface area contributed by atoms with Crippen LogP contribution in [0.3, 0.4) is 0 Å². The Morgan fingerprint density at radius 1 is 1.03 bits per heavy atom. The number of urea groups is 1. The van der Waals surface area contributed by atoms with E-state index in [1.807, 2.05) is 32.0 Å². The van der Waals surface area contributed by atoms with Gasteiger partial charge in [-0.1, -0.05) is 29.8 Å². The van der Waals surface area contributed by atoms with Gasteiger partial charge in [0.15, 0.2) is 11.5 Å². The molecule has 1 fully saturated rings. The Morgan fingerprint density at radius 2 is 1.81 bits per heavy atom. The van der Waals surface area contributed by atoms with Gasteiger partial charge >= 0.3 is 6.03 Å². The number of anilines is 1. The first-order valence-corrected chi connectivity index (χ1v) is 12.1. The van der Waals surface area contributed by atoms with Crippen molar-refractivity contribution in [2.45, 2.75) is 20.5 Å². The summed E-state index contributed by atoms with van der Waals surface area (Å²) in [6.07, 6.45) is 1.41. The number of carbonyl (C=O) groups is 3. The predicted molar refractivity (Wildman–Crippen MR) is 141 cm³/mol. The molecule has 0 saturated carbocycles. The molecular formula is C27H22BrClN2O5. The molecule has 1 N–H and O–H groups in total. The predicted octanol–water partition coefficient (Wildman–Crippen LogP) is 5.97. The van der Waals surface area contributed by atoms with Gasteiger partial charge in [0.1, 0.15) is 12.2 Å². The fraction of sp³-hybridized carbons (Fsp3) is 0.148. The lowest BCUT2D eigenvalue weighted by Gasteiger charge is -2.27. The van der Waals surface area contributed by atoms with Crippen LogP contribution in [-0.2, 0) is 16.2 Å². The summed E-state index contributed by atoms with van der Waals surface area (Å²) in [4.78, 5) is 39.3. The number of imide groups is 2. The fourth-order valence-corrected chi connectivity index (χ4v) is 4.46. The van der Waals surface area contributed by atoms with Gasteiger partial charge in [0.05, 0.1) is 17.3 Å². The van der Waals surface area contributed by atoms with Crippen molar-refractivity contribution >= 4 is 57.1 Å². The SMILES string of the molecule is COc1cc(/C=C2\C(=O)NC(=O)N(c3ccc(C)c(C)c3)C2=O)cc(Br)c1OCc1cccc(Cl)c1. The van der Waals surface area contributed by atoms with E-state index >= 15 is 0 Å². The highest BCUT2D eigenvalue weighted by atomic mass is 79.9. The van der Waals surface area contributed by atoms with Crippen LogP contribution in [-0.4, -0.2) is 25.0 Å². The lowest BCUT2D eigenvalue weighted by molar-refractivity contribution is -0.122. The van der Waals surface area contributed by atoms with Crippen molar-refractivity contribution < 1.29 is 23.9 Å². The van der Waals surface area contributed by atoms with E-state index in [1.165, 1.54) is 13.2 Å². The van der Waals surface area contributed by atoms with Crippen LogP contribution in [0.25, 0.3) is 6.08 Å². The summed E-state index contributed by atoms with van der Waals surface area (Å²) in [5.41, 5.74) is 3.50. The molecular weight excluding hydrogens is 548 g/mol. The van der Waals surface area contributed by atoms with Crippen molar-refractivity contribution in [1.29, 1.82) is 0 Å². The monoisotopic (exact) mass is 568 g/mol. The second-order valence-electron chi connectivity index (χ2n) is 8.18. The Morgan fingerprint density at radius 3 is 2.50 bits per heavy atom. The van der Waals surface area contributed by atoms with Crippen LogP contribution in [0, 0.1) is 13.8 Å². The van der Waals surface area contributed by atoms with Crippen molar-refractivity contribution in [1.82, 2.24) is 5.32 Å². The lowest BCUT2D eigenvalue weighted by Crippen LogP contribution is -2.54. The summed E-state index contributed by atoms with van der Waals surface area (Å²) in [6, 6.07) is 15.1. The number of nitrogens with one attached hydrogen (secondary N) is 1. The molecule has 0 unspecified atom stereocenters. The fourth-order valence-electron chi connectivity index (χ4n) is 3.67. The first-order chi connectivity index (χ1) is 17.2. The van der Waals surface area contributed by atoms with Crippen LogP contribution in [0.15, 0.2) is 64.6 Å². The van der Waals surface area contributed by atoms with E-state index in [0.29, 0.717) is 32.2 Å². The van der Waals surface area contributed by atoms with Crippen molar-refractivity contribution in [3.05, 3.63) is 91.9 Å². The molecule has 0 aliphatic carbocycles. The molecule has 4 rings (SSSR count). The topological polar surface area (TPSA) is 84.9 Å². The lowest BCUT2D eigenvalue weighted by atomic mass is 10.0. The number of hydrogen-bond acceptors (Lipinski definition) is 5. The van der Waals surface area contributed by atoms with Crippen molar-refractivity contribution in [2.75, 3.05) is 12.0 Å². The standard InChI is InChI=1S/C27H22BrClN2O5/c1-15-7-8-20(9-16(15)2)31-26(33)21(25(32)30-27(31)34)11-18-12-22(28)24(23(13-18)35-3)36-14-17-5-4-6-19(29)10-17/h4-13H,14H2,1-3H3,(H,30,32,34)/b21-11+. The summed E-state index contributed by atoms with van der Waals surface area (Å²) in [7, 11) is 1.49. The molecule has 1 saturated heterocycles. The maximum absolute atomic E-state index is 13.2. The van der Waals surface area contributed by atoms with Gasteiger partial charge in [0.2, 0.25) is 0 Å². The van der Waals surface area contributed by atoms with Gasteiger partial charge in [-0.3, -0.25) is 14.9 Å². The average molecular weight is 570 g/mol. The first kappa shape index (κ1) is 25.5. The maximum atomic E-state index is 13.2. The highest BCUT2D eigenvalue weighted by molar-refractivity contribution is 9.10. The van der Waals surface area contributed by atoms with E-state index in [0.717, 1.165) is 21.6 Å². The Labute approximate surface area is 221 Å². The number of nitrogens with zero attached hydrogens (tertiary/aromatic N) is 1. The van der Waals surface area contributed by atoms with E-state index in [-0.39, 0.29) is 12.2 Å². The summed E-state index contributed by atoms with van der Waals surface area (Å²) in [5, 5.41) is 2.85. The van der Waals surface area contributed by atoms with Gasteiger partial charge in [-0.2, -0.15) is 0 Å². The number of barbiturate groups is 1.